The molecule has 2 aromatic heterocycles. The normalized spacial score (nSPS) is 13.7. The predicted molar refractivity (Wildman–Crippen MR) is 137 cm³/mol. The minimum atomic E-state index is -5.70. The number of esters is 1. The molecule has 4 aromatic rings. The Balaban J connectivity index is 1.79. The van der Waals surface area contributed by atoms with Crippen LogP contribution in [0.5, 0.6) is 0 Å². The van der Waals surface area contributed by atoms with E-state index >= 15 is 0 Å². The van der Waals surface area contributed by atoms with Crippen LogP contribution >= 0.6 is 11.6 Å². The zero-order valence-electron chi connectivity index (χ0n) is 21.8. The van der Waals surface area contributed by atoms with Crippen LogP contribution in [0.4, 0.5) is 26.3 Å². The van der Waals surface area contributed by atoms with Crippen molar-refractivity contribution in [1.29, 1.82) is 0 Å². The number of alkyl halides is 6. The summed E-state index contributed by atoms with van der Waals surface area (Å²) in [6.07, 6.45) is -14.5. The number of aromatic nitrogens is 6. The number of hydrogen-bond acceptors (Lipinski definition) is 7. The fourth-order valence-corrected chi connectivity index (χ4v) is 4.06. The Morgan fingerprint density at radius 2 is 1.69 bits per heavy atom. The van der Waals surface area contributed by atoms with Crippen LogP contribution in [-0.4, -0.2) is 53.5 Å². The van der Waals surface area contributed by atoms with Crippen molar-refractivity contribution < 1.29 is 35.9 Å². The van der Waals surface area contributed by atoms with Gasteiger partial charge in [0.25, 0.3) is 0 Å². The highest BCUT2D eigenvalue weighted by molar-refractivity contribution is 6.30. The summed E-state index contributed by atoms with van der Waals surface area (Å²) < 4.78 is 85.7. The summed E-state index contributed by atoms with van der Waals surface area (Å²) in [5, 5.41) is 8.79. The standard InChI is InChI=1S/C25H22ClF6N7O3/c1-13-5-3-4-6-17(13)39-20(14(2)33)34-19(35-39)12-38-23(41)37(21(36-38)15-7-9-16(26)10-8-15)11-18(24(27,28)29)42-22(40)25(30,31)32/h3-10,14,18H,11-12,33H2,1-2H3/t14?,18-/m0/s1. The van der Waals surface area contributed by atoms with Crippen molar-refractivity contribution in [3.63, 3.8) is 0 Å². The summed E-state index contributed by atoms with van der Waals surface area (Å²) in [4.78, 5) is 29.0. The van der Waals surface area contributed by atoms with Crippen LogP contribution in [0.2, 0.25) is 5.02 Å². The second-order valence-corrected chi connectivity index (χ2v) is 9.62. The van der Waals surface area contributed by atoms with Gasteiger partial charge in [-0.1, -0.05) is 29.8 Å². The summed E-state index contributed by atoms with van der Waals surface area (Å²) >= 11 is 5.90. The Labute approximate surface area is 238 Å². The van der Waals surface area contributed by atoms with Gasteiger partial charge in [0, 0.05) is 10.6 Å². The lowest BCUT2D eigenvalue weighted by Gasteiger charge is -2.21. The second kappa shape index (κ2) is 11.6. The van der Waals surface area contributed by atoms with Gasteiger partial charge in [-0.3, -0.25) is 4.57 Å². The van der Waals surface area contributed by atoms with Crippen LogP contribution in [0.3, 0.4) is 0 Å². The smallest absolute Gasteiger partial charge is 0.444 e. The monoisotopic (exact) mass is 617 g/mol. The largest absolute Gasteiger partial charge is 0.490 e. The molecule has 0 aliphatic heterocycles. The van der Waals surface area contributed by atoms with Gasteiger partial charge in [-0.05, 0) is 49.7 Å². The summed E-state index contributed by atoms with van der Waals surface area (Å²) in [6, 6.07) is 12.0. The molecule has 224 valence electrons. The van der Waals surface area contributed by atoms with Gasteiger partial charge in [0.05, 0.1) is 18.3 Å². The Kier molecular flexibility index (Phi) is 8.50. The Bertz CT molecular complexity index is 1640. The molecular formula is C25H22ClF6N7O3. The van der Waals surface area contributed by atoms with Gasteiger partial charge in [0.2, 0.25) is 6.10 Å². The number of benzene rings is 2. The molecule has 0 aliphatic carbocycles. The Morgan fingerprint density at radius 1 is 1.05 bits per heavy atom. The number of rotatable bonds is 8. The maximum Gasteiger partial charge on any atom is 0.490 e. The van der Waals surface area contributed by atoms with Crippen molar-refractivity contribution in [3.8, 4) is 17.1 Å². The molecule has 0 saturated carbocycles. The lowest BCUT2D eigenvalue weighted by molar-refractivity contribution is -0.247. The van der Waals surface area contributed by atoms with E-state index in [0.29, 0.717) is 16.1 Å². The maximum absolute atomic E-state index is 13.7. The van der Waals surface area contributed by atoms with E-state index in [1.807, 2.05) is 19.1 Å². The van der Waals surface area contributed by atoms with Crippen LogP contribution in [0.1, 0.15) is 30.2 Å². The quantitative estimate of drug-likeness (QED) is 0.230. The lowest BCUT2D eigenvalue weighted by Crippen LogP contribution is -2.43. The van der Waals surface area contributed by atoms with Crippen molar-refractivity contribution in [3.05, 3.63) is 81.3 Å². The zero-order chi connectivity index (χ0) is 31.0. The molecule has 0 bridgehead atoms. The number of halogens is 7. The van der Waals surface area contributed by atoms with E-state index in [1.54, 1.807) is 19.1 Å². The molecule has 1 unspecified atom stereocenters. The average molecular weight is 618 g/mol. The Morgan fingerprint density at radius 3 is 2.26 bits per heavy atom. The molecular weight excluding hydrogens is 596 g/mol. The molecule has 0 radical (unpaired) electrons. The van der Waals surface area contributed by atoms with E-state index < -0.39 is 49.2 Å². The molecule has 0 spiro atoms. The molecule has 42 heavy (non-hydrogen) atoms. The van der Waals surface area contributed by atoms with Crippen molar-refractivity contribution in [2.24, 2.45) is 5.73 Å². The second-order valence-electron chi connectivity index (χ2n) is 9.19. The number of carbonyl (C=O) groups excluding carboxylic acids is 1. The van der Waals surface area contributed by atoms with Crippen molar-refractivity contribution in [2.45, 2.75) is 51.4 Å². The van der Waals surface area contributed by atoms with E-state index in [2.05, 4.69) is 19.9 Å². The van der Waals surface area contributed by atoms with E-state index in [4.69, 9.17) is 17.3 Å². The first-order valence-corrected chi connectivity index (χ1v) is 12.5. The molecule has 10 nitrogen and oxygen atoms in total. The van der Waals surface area contributed by atoms with Crippen molar-refractivity contribution in [1.82, 2.24) is 29.1 Å². The van der Waals surface area contributed by atoms with Crippen LogP contribution in [-0.2, 0) is 22.6 Å². The zero-order valence-corrected chi connectivity index (χ0v) is 22.6. The van der Waals surface area contributed by atoms with Crippen LogP contribution < -0.4 is 11.4 Å². The van der Waals surface area contributed by atoms with Crippen molar-refractivity contribution >= 4 is 17.6 Å². The number of aryl methyl sites for hydroxylation is 1. The minimum absolute atomic E-state index is 0.0239. The van der Waals surface area contributed by atoms with E-state index in [-0.39, 0.29) is 22.2 Å². The first kappa shape index (κ1) is 30.8. The third kappa shape index (κ3) is 6.65. The molecule has 17 heteroatoms. The number of hydrogen-bond donors (Lipinski definition) is 1. The highest BCUT2D eigenvalue weighted by atomic mass is 35.5. The topological polar surface area (TPSA) is 123 Å². The van der Waals surface area contributed by atoms with Gasteiger partial charge in [0.1, 0.15) is 12.4 Å². The number of carbonyl (C=O) groups is 1. The summed E-state index contributed by atoms with van der Waals surface area (Å²) in [6.45, 7) is 1.53. The molecule has 0 aliphatic rings. The third-order valence-corrected chi connectivity index (χ3v) is 6.19. The fraction of sp³-hybridized carbons (Fsp3) is 0.320. The molecule has 2 aromatic carbocycles. The number of nitrogens with two attached hydrogens (primary N) is 1. The van der Waals surface area contributed by atoms with Crippen LogP contribution in [0.25, 0.3) is 17.1 Å². The van der Waals surface area contributed by atoms with Crippen LogP contribution in [0, 0.1) is 6.92 Å². The summed E-state index contributed by atoms with van der Waals surface area (Å²) in [5.74, 6) is -3.08. The SMILES string of the molecule is Cc1ccccc1-n1nc(Cn2nc(-c3ccc(Cl)cc3)n(C[C@H](OC(=O)C(F)(F)F)C(F)(F)F)c2=O)nc1C(C)N. The lowest BCUT2D eigenvalue weighted by atomic mass is 10.2. The molecule has 0 amide bonds. The molecule has 2 heterocycles. The highest BCUT2D eigenvalue weighted by Crippen LogP contribution is 2.29. The van der Waals surface area contributed by atoms with E-state index in [9.17, 15) is 35.9 Å². The van der Waals surface area contributed by atoms with Crippen LogP contribution in [0.15, 0.2) is 53.3 Å². The predicted octanol–water partition coefficient (Wildman–Crippen LogP) is 4.36. The number of nitrogens with zero attached hydrogens (tertiary/aromatic N) is 6. The average Bonchev–Trinajstić information content (AvgIpc) is 3.45. The molecule has 2 atom stereocenters. The van der Waals surface area contributed by atoms with Gasteiger partial charge >= 0.3 is 24.0 Å². The fourth-order valence-electron chi connectivity index (χ4n) is 3.93. The van der Waals surface area contributed by atoms with Gasteiger partial charge in [-0.15, -0.1) is 10.2 Å². The number of ether oxygens (including phenoxy) is 1. The number of para-hydroxylation sites is 1. The summed E-state index contributed by atoms with van der Waals surface area (Å²) in [7, 11) is 0. The van der Waals surface area contributed by atoms with Crippen molar-refractivity contribution in [2.75, 3.05) is 0 Å². The van der Waals surface area contributed by atoms with Gasteiger partial charge in [-0.2, -0.15) is 26.3 Å². The summed E-state index contributed by atoms with van der Waals surface area (Å²) in [5.41, 5.74) is 6.48. The third-order valence-electron chi connectivity index (χ3n) is 5.94. The van der Waals surface area contributed by atoms with Gasteiger partial charge in [-0.25, -0.2) is 23.9 Å². The van der Waals surface area contributed by atoms with Gasteiger partial charge < -0.3 is 10.5 Å². The molecule has 0 saturated heterocycles. The first-order chi connectivity index (χ1) is 19.6. The van der Waals surface area contributed by atoms with Gasteiger partial charge in [0.15, 0.2) is 11.6 Å². The molecule has 0 fully saturated rings. The first-order valence-electron chi connectivity index (χ1n) is 12.1. The Hall–Kier alpha value is -4.18. The highest BCUT2D eigenvalue weighted by Gasteiger charge is 2.49. The van der Waals surface area contributed by atoms with E-state index in [0.717, 1.165) is 10.2 Å². The maximum atomic E-state index is 13.7. The van der Waals surface area contributed by atoms with E-state index in [1.165, 1.54) is 28.9 Å². The minimum Gasteiger partial charge on any atom is -0.444 e. The molecule has 2 N–H and O–H groups in total. The molecule has 4 rings (SSSR count).